The summed E-state index contributed by atoms with van der Waals surface area (Å²) in [5.41, 5.74) is 2.01. The van der Waals surface area contributed by atoms with Crippen LogP contribution in [0.4, 0.5) is 4.79 Å². The van der Waals surface area contributed by atoms with Crippen LogP contribution in [0.15, 0.2) is 53.4 Å². The third-order valence-corrected chi connectivity index (χ3v) is 5.11. The summed E-state index contributed by atoms with van der Waals surface area (Å²) in [6, 6.07) is 14.6. The fraction of sp³-hybridized carbons (Fsp3) is 0.227. The Morgan fingerprint density at radius 3 is 2.62 bits per heavy atom. The van der Waals surface area contributed by atoms with Crippen LogP contribution in [-0.2, 0) is 4.79 Å². The summed E-state index contributed by atoms with van der Waals surface area (Å²) in [5, 5.41) is 4.80. The van der Waals surface area contributed by atoms with Crippen molar-refractivity contribution in [3.05, 3.63) is 70.1 Å². The lowest BCUT2D eigenvalue weighted by Crippen LogP contribution is -2.27. The molecular weight excluding hydrogens is 388 g/mol. The minimum Gasteiger partial charge on any atom is -0.493 e. The third-order valence-electron chi connectivity index (χ3n) is 4.30. The summed E-state index contributed by atoms with van der Waals surface area (Å²) in [5.74, 6) is -0.228. The quantitative estimate of drug-likeness (QED) is 0.665. The van der Waals surface area contributed by atoms with Crippen molar-refractivity contribution >= 4 is 34.9 Å². The highest BCUT2D eigenvalue weighted by molar-refractivity contribution is 8.18. The number of rotatable bonds is 7. The zero-order valence-corrected chi connectivity index (χ0v) is 17.0. The molecule has 0 aromatic heterocycles. The van der Waals surface area contributed by atoms with Crippen molar-refractivity contribution in [1.29, 1.82) is 0 Å². The molecule has 0 aliphatic carbocycles. The fourth-order valence-electron chi connectivity index (χ4n) is 2.82. The molecule has 1 aliphatic rings. The monoisotopic (exact) mass is 410 g/mol. The molecule has 29 heavy (non-hydrogen) atoms. The molecule has 150 valence electrons. The molecule has 2 N–H and O–H groups in total. The van der Waals surface area contributed by atoms with E-state index in [1.807, 2.05) is 44.2 Å². The minimum absolute atomic E-state index is 0.182. The van der Waals surface area contributed by atoms with Crippen LogP contribution in [0.3, 0.4) is 0 Å². The second-order valence-electron chi connectivity index (χ2n) is 6.56. The van der Waals surface area contributed by atoms with E-state index in [1.165, 1.54) is 0 Å². The number of hydrogen-bond donors (Lipinski definition) is 2. The predicted octanol–water partition coefficient (Wildman–Crippen LogP) is 4.29. The molecule has 1 atom stereocenters. The van der Waals surface area contributed by atoms with Gasteiger partial charge in [-0.15, -0.1) is 0 Å². The summed E-state index contributed by atoms with van der Waals surface area (Å²) in [6.07, 6.45) is 2.40. The summed E-state index contributed by atoms with van der Waals surface area (Å²) in [7, 11) is 0. The van der Waals surface area contributed by atoms with E-state index in [2.05, 4.69) is 10.6 Å². The van der Waals surface area contributed by atoms with Crippen molar-refractivity contribution in [1.82, 2.24) is 10.6 Å². The van der Waals surface area contributed by atoms with Gasteiger partial charge in [-0.3, -0.25) is 19.7 Å². The van der Waals surface area contributed by atoms with E-state index in [4.69, 9.17) is 4.74 Å². The van der Waals surface area contributed by atoms with Crippen molar-refractivity contribution < 1.29 is 19.1 Å². The Bertz CT molecular complexity index is 957. The van der Waals surface area contributed by atoms with E-state index < -0.39 is 11.1 Å². The maximum atomic E-state index is 13.0. The second kappa shape index (κ2) is 9.43. The average Bonchev–Trinajstić information content (AvgIpc) is 3.04. The molecule has 0 spiro atoms. The fourth-order valence-corrected chi connectivity index (χ4v) is 3.51. The van der Waals surface area contributed by atoms with E-state index in [9.17, 15) is 14.4 Å². The third kappa shape index (κ3) is 5.26. The number of carbonyl (C=O) groups excluding carboxylic acids is 3. The molecule has 1 heterocycles. The predicted molar refractivity (Wildman–Crippen MR) is 114 cm³/mol. The van der Waals surface area contributed by atoms with Gasteiger partial charge in [0.1, 0.15) is 5.75 Å². The number of thioether (sulfide) groups is 1. The Kier molecular flexibility index (Phi) is 6.72. The molecule has 0 unspecified atom stereocenters. The molecule has 1 aliphatic heterocycles. The van der Waals surface area contributed by atoms with Gasteiger partial charge in [0.05, 0.1) is 23.1 Å². The van der Waals surface area contributed by atoms with Gasteiger partial charge >= 0.3 is 0 Å². The maximum Gasteiger partial charge on any atom is 0.290 e. The Labute approximate surface area is 173 Å². The molecule has 0 bridgehead atoms. The standard InChI is InChI=1S/C22H22N2O4S/c1-3-11-28-18-10-9-15(13-19-21(26)24-22(27)29-19)12-17(18)20(25)23-14(2)16-7-5-4-6-8-16/h4-10,12-14H,3,11H2,1-2H3,(H,23,25)(H,24,26,27)/t14-/m0/s1. The lowest BCUT2D eigenvalue weighted by molar-refractivity contribution is -0.115. The van der Waals surface area contributed by atoms with E-state index in [-0.39, 0.29) is 11.9 Å². The molecule has 3 rings (SSSR count). The van der Waals surface area contributed by atoms with Gasteiger partial charge in [0.25, 0.3) is 17.1 Å². The Balaban J connectivity index is 1.87. The first kappa shape index (κ1) is 20.7. The molecule has 2 aromatic carbocycles. The highest BCUT2D eigenvalue weighted by atomic mass is 32.2. The van der Waals surface area contributed by atoms with Gasteiger partial charge in [-0.25, -0.2) is 0 Å². The van der Waals surface area contributed by atoms with Crippen LogP contribution in [-0.4, -0.2) is 23.7 Å². The highest BCUT2D eigenvalue weighted by Crippen LogP contribution is 2.28. The molecule has 7 heteroatoms. The first-order valence-electron chi connectivity index (χ1n) is 9.35. The topological polar surface area (TPSA) is 84.5 Å². The summed E-state index contributed by atoms with van der Waals surface area (Å²) >= 11 is 0.838. The molecule has 2 aromatic rings. The van der Waals surface area contributed by atoms with Gasteiger partial charge in [-0.2, -0.15) is 0 Å². The number of nitrogens with one attached hydrogen (secondary N) is 2. The van der Waals surface area contributed by atoms with Crippen LogP contribution in [0.2, 0.25) is 0 Å². The molecular formula is C22H22N2O4S. The summed E-state index contributed by atoms with van der Waals surface area (Å²) in [4.78, 5) is 36.4. The maximum absolute atomic E-state index is 13.0. The first-order valence-corrected chi connectivity index (χ1v) is 10.2. The van der Waals surface area contributed by atoms with Crippen LogP contribution in [0.1, 0.15) is 47.8 Å². The molecule has 6 nitrogen and oxygen atoms in total. The van der Waals surface area contributed by atoms with Gasteiger partial charge in [0.15, 0.2) is 0 Å². The van der Waals surface area contributed by atoms with Crippen LogP contribution in [0.5, 0.6) is 5.75 Å². The smallest absolute Gasteiger partial charge is 0.290 e. The van der Waals surface area contributed by atoms with Gasteiger partial charge in [0, 0.05) is 0 Å². The normalized spacial score (nSPS) is 15.9. The number of ether oxygens (including phenoxy) is 1. The van der Waals surface area contributed by atoms with Crippen molar-refractivity contribution in [3.8, 4) is 5.75 Å². The summed E-state index contributed by atoms with van der Waals surface area (Å²) in [6.45, 7) is 4.39. The van der Waals surface area contributed by atoms with Crippen molar-refractivity contribution in [3.63, 3.8) is 0 Å². The number of amides is 3. The van der Waals surface area contributed by atoms with Gasteiger partial charge in [-0.1, -0.05) is 43.3 Å². The van der Waals surface area contributed by atoms with Gasteiger partial charge in [-0.05, 0) is 54.4 Å². The van der Waals surface area contributed by atoms with Crippen LogP contribution < -0.4 is 15.4 Å². The first-order chi connectivity index (χ1) is 14.0. The lowest BCUT2D eigenvalue weighted by Gasteiger charge is -2.17. The Morgan fingerprint density at radius 1 is 1.21 bits per heavy atom. The van der Waals surface area contributed by atoms with Crippen LogP contribution >= 0.6 is 11.8 Å². The number of benzene rings is 2. The second-order valence-corrected chi connectivity index (χ2v) is 7.58. The average molecular weight is 410 g/mol. The minimum atomic E-state index is -0.435. The van der Waals surface area contributed by atoms with Gasteiger partial charge in [0.2, 0.25) is 0 Å². The number of hydrogen-bond acceptors (Lipinski definition) is 5. The number of carbonyl (C=O) groups is 3. The Hall–Kier alpha value is -3.06. The van der Waals surface area contributed by atoms with E-state index in [1.54, 1.807) is 24.3 Å². The summed E-state index contributed by atoms with van der Waals surface area (Å²) < 4.78 is 5.74. The van der Waals surface area contributed by atoms with E-state index in [0.717, 1.165) is 23.7 Å². The Morgan fingerprint density at radius 2 is 1.97 bits per heavy atom. The molecule has 1 fully saturated rings. The SMILES string of the molecule is CCCOc1ccc(C=C2SC(=O)NC2=O)cc1C(=O)N[C@@H](C)c1ccccc1. The van der Waals surface area contributed by atoms with Crippen molar-refractivity contribution in [2.75, 3.05) is 6.61 Å². The zero-order valence-electron chi connectivity index (χ0n) is 16.2. The van der Waals surface area contributed by atoms with Crippen LogP contribution in [0, 0.1) is 0 Å². The molecule has 0 saturated carbocycles. The number of imide groups is 1. The van der Waals surface area contributed by atoms with Crippen molar-refractivity contribution in [2.24, 2.45) is 0 Å². The molecule has 3 amide bonds. The highest BCUT2D eigenvalue weighted by Gasteiger charge is 2.25. The molecule has 0 radical (unpaired) electrons. The van der Waals surface area contributed by atoms with Gasteiger partial charge < -0.3 is 10.1 Å². The van der Waals surface area contributed by atoms with Crippen LogP contribution in [0.25, 0.3) is 6.08 Å². The van der Waals surface area contributed by atoms with Crippen molar-refractivity contribution in [2.45, 2.75) is 26.3 Å². The van der Waals surface area contributed by atoms with E-state index in [0.29, 0.717) is 28.4 Å². The zero-order chi connectivity index (χ0) is 20.8. The molecule has 1 saturated heterocycles. The lowest BCUT2D eigenvalue weighted by atomic mass is 10.1. The van der Waals surface area contributed by atoms with E-state index >= 15 is 0 Å². The largest absolute Gasteiger partial charge is 0.493 e.